The zero-order chi connectivity index (χ0) is 22.7. The summed E-state index contributed by atoms with van der Waals surface area (Å²) in [5.74, 6) is 1.56. The van der Waals surface area contributed by atoms with E-state index in [1.807, 2.05) is 36.4 Å². The van der Waals surface area contributed by atoms with Crippen LogP contribution in [0.3, 0.4) is 0 Å². The highest BCUT2D eigenvalue weighted by molar-refractivity contribution is 5.96. The van der Waals surface area contributed by atoms with Crippen molar-refractivity contribution >= 4 is 11.8 Å². The molecule has 0 spiro atoms. The van der Waals surface area contributed by atoms with Gasteiger partial charge in [-0.3, -0.25) is 9.59 Å². The zero-order valence-corrected chi connectivity index (χ0v) is 18.6. The fourth-order valence-electron chi connectivity index (χ4n) is 7.75. The van der Waals surface area contributed by atoms with Gasteiger partial charge in [-0.1, -0.05) is 12.1 Å². The lowest BCUT2D eigenvalue weighted by molar-refractivity contribution is -0.0302. The highest BCUT2D eigenvalue weighted by atomic mass is 16.5. The van der Waals surface area contributed by atoms with Crippen molar-refractivity contribution in [3.05, 3.63) is 58.7 Å². The number of carbonyl (C=O) groups is 2. The van der Waals surface area contributed by atoms with Crippen LogP contribution >= 0.6 is 0 Å². The van der Waals surface area contributed by atoms with Crippen LogP contribution < -0.4 is 20.9 Å². The van der Waals surface area contributed by atoms with Crippen molar-refractivity contribution in [1.29, 1.82) is 0 Å². The van der Waals surface area contributed by atoms with Crippen LogP contribution in [0.1, 0.15) is 70.4 Å². The number of benzene rings is 2. The molecule has 0 heterocycles. The van der Waals surface area contributed by atoms with Crippen molar-refractivity contribution in [2.24, 2.45) is 23.3 Å². The Bertz CT molecular complexity index is 1010. The molecule has 0 atom stereocenters. The number of hydrogen-bond donors (Lipinski definition) is 2. The second-order valence-electron chi connectivity index (χ2n) is 10.0. The van der Waals surface area contributed by atoms with Crippen LogP contribution in [0.15, 0.2) is 36.4 Å². The van der Waals surface area contributed by atoms with Gasteiger partial charge in [0.2, 0.25) is 11.8 Å². The lowest BCUT2D eigenvalue weighted by Gasteiger charge is -2.63. The molecule has 4 aliphatic carbocycles. The first kappa shape index (κ1) is 20.9. The maximum absolute atomic E-state index is 12.5. The minimum atomic E-state index is -0.432. The van der Waals surface area contributed by atoms with E-state index in [-0.39, 0.29) is 10.8 Å². The van der Waals surface area contributed by atoms with Crippen LogP contribution in [-0.2, 0) is 10.8 Å². The molecule has 4 bridgehead atoms. The summed E-state index contributed by atoms with van der Waals surface area (Å²) in [7, 11) is 3.29. The van der Waals surface area contributed by atoms with Crippen LogP contribution in [0.4, 0.5) is 0 Å². The van der Waals surface area contributed by atoms with Gasteiger partial charge in [0.25, 0.3) is 0 Å². The third-order valence-electron chi connectivity index (χ3n) is 8.14. The third kappa shape index (κ3) is 2.92. The van der Waals surface area contributed by atoms with Gasteiger partial charge in [-0.25, -0.2) is 0 Å². The van der Waals surface area contributed by atoms with E-state index in [1.54, 1.807) is 14.2 Å². The summed E-state index contributed by atoms with van der Waals surface area (Å²) in [6.07, 6.45) is 5.96. The fourth-order valence-corrected chi connectivity index (χ4v) is 7.75. The van der Waals surface area contributed by atoms with Gasteiger partial charge in [0.15, 0.2) is 0 Å². The summed E-state index contributed by atoms with van der Waals surface area (Å²) < 4.78 is 11.5. The Morgan fingerprint density at radius 1 is 0.781 bits per heavy atom. The molecule has 0 aromatic heterocycles. The van der Waals surface area contributed by atoms with Crippen molar-refractivity contribution in [3.63, 3.8) is 0 Å². The van der Waals surface area contributed by atoms with Crippen LogP contribution in [0.25, 0.3) is 0 Å². The second-order valence-corrected chi connectivity index (χ2v) is 10.0. The molecule has 6 nitrogen and oxygen atoms in total. The van der Waals surface area contributed by atoms with Gasteiger partial charge in [-0.15, -0.1) is 0 Å². The Kier molecular flexibility index (Phi) is 4.73. The Hall–Kier alpha value is -3.02. The maximum atomic E-state index is 12.5. The van der Waals surface area contributed by atoms with Crippen LogP contribution in [0, 0.1) is 11.8 Å². The highest BCUT2D eigenvalue weighted by Gasteiger charge is 2.61. The monoisotopic (exact) mass is 434 g/mol. The smallest absolute Gasteiger partial charge is 0.249 e. The Morgan fingerprint density at radius 2 is 1.19 bits per heavy atom. The number of primary amides is 2. The second kappa shape index (κ2) is 7.26. The first-order valence-corrected chi connectivity index (χ1v) is 11.3. The molecular formula is C26H30N2O4. The van der Waals surface area contributed by atoms with E-state index in [0.717, 1.165) is 43.2 Å². The Balaban J connectivity index is 1.74. The summed E-state index contributed by atoms with van der Waals surface area (Å²) >= 11 is 0. The summed E-state index contributed by atoms with van der Waals surface area (Å²) in [6, 6.07) is 11.1. The minimum Gasteiger partial charge on any atom is -0.496 e. The summed E-state index contributed by atoms with van der Waals surface area (Å²) in [5, 5.41) is 0. The predicted octanol–water partition coefficient (Wildman–Crippen LogP) is 3.69. The number of nitrogens with two attached hydrogens (primary N) is 2. The molecule has 4 fully saturated rings. The zero-order valence-electron chi connectivity index (χ0n) is 18.6. The lowest BCUT2D eigenvalue weighted by Crippen LogP contribution is -2.57. The summed E-state index contributed by atoms with van der Waals surface area (Å²) in [5.41, 5.74) is 14.1. The normalized spacial score (nSPS) is 30.2. The Labute approximate surface area is 188 Å². The van der Waals surface area contributed by atoms with E-state index in [4.69, 9.17) is 20.9 Å². The molecule has 4 aliphatic rings. The van der Waals surface area contributed by atoms with E-state index in [2.05, 4.69) is 0 Å². The number of methoxy groups -OCH3 is 2. The molecular weight excluding hydrogens is 404 g/mol. The van der Waals surface area contributed by atoms with E-state index >= 15 is 0 Å². The molecule has 4 saturated carbocycles. The highest BCUT2D eigenvalue weighted by Crippen LogP contribution is 2.68. The van der Waals surface area contributed by atoms with E-state index < -0.39 is 11.8 Å². The number of ether oxygens (including phenoxy) is 2. The lowest BCUT2D eigenvalue weighted by atomic mass is 9.41. The number of amides is 2. The van der Waals surface area contributed by atoms with Gasteiger partial charge < -0.3 is 20.9 Å². The van der Waals surface area contributed by atoms with Gasteiger partial charge in [0.05, 0.1) is 14.2 Å². The van der Waals surface area contributed by atoms with Crippen molar-refractivity contribution in [2.75, 3.05) is 14.2 Å². The SMILES string of the molecule is COc1cccc(C(N)=O)c1C12CC3CC(C1)CC(c1c(OC)cccc1C(N)=O)(C3)C2. The van der Waals surface area contributed by atoms with Gasteiger partial charge in [-0.05, 0) is 74.6 Å². The average molecular weight is 435 g/mol. The third-order valence-corrected chi connectivity index (χ3v) is 8.14. The molecule has 0 unspecified atom stereocenters. The maximum Gasteiger partial charge on any atom is 0.249 e. The van der Waals surface area contributed by atoms with Gasteiger partial charge >= 0.3 is 0 Å². The average Bonchev–Trinajstić information content (AvgIpc) is 2.76. The summed E-state index contributed by atoms with van der Waals surface area (Å²) in [6.45, 7) is 0. The first-order chi connectivity index (χ1) is 15.3. The number of carbonyl (C=O) groups excluding carboxylic acids is 2. The number of hydrogen-bond acceptors (Lipinski definition) is 4. The molecule has 2 amide bonds. The van der Waals surface area contributed by atoms with E-state index in [9.17, 15) is 9.59 Å². The minimum absolute atomic E-state index is 0.239. The Morgan fingerprint density at radius 3 is 1.53 bits per heavy atom. The number of rotatable bonds is 6. The standard InChI is InChI=1S/C26H30N2O4/c1-31-19-7-3-5-17(23(27)29)21(19)25-10-15-9-16(11-25)13-26(12-15,14-25)22-18(24(28)30)6-4-8-20(22)32-2/h3-8,15-16H,9-14H2,1-2H3,(H2,27,29)(H2,28,30). The molecule has 4 N–H and O–H groups in total. The van der Waals surface area contributed by atoms with Crippen molar-refractivity contribution in [2.45, 2.75) is 49.4 Å². The molecule has 168 valence electrons. The molecule has 0 aliphatic heterocycles. The molecule has 0 saturated heterocycles. The van der Waals surface area contributed by atoms with Crippen molar-refractivity contribution in [3.8, 4) is 11.5 Å². The largest absolute Gasteiger partial charge is 0.496 e. The first-order valence-electron chi connectivity index (χ1n) is 11.3. The van der Waals surface area contributed by atoms with Gasteiger partial charge in [0, 0.05) is 33.1 Å². The molecule has 2 aromatic rings. The van der Waals surface area contributed by atoms with Gasteiger partial charge in [-0.2, -0.15) is 0 Å². The van der Waals surface area contributed by atoms with Crippen LogP contribution in [0.2, 0.25) is 0 Å². The molecule has 2 aromatic carbocycles. The van der Waals surface area contributed by atoms with Crippen LogP contribution in [-0.4, -0.2) is 26.0 Å². The molecule has 6 heteroatoms. The van der Waals surface area contributed by atoms with Gasteiger partial charge in [0.1, 0.15) is 11.5 Å². The quantitative estimate of drug-likeness (QED) is 0.723. The molecule has 0 radical (unpaired) electrons. The summed E-state index contributed by atoms with van der Waals surface area (Å²) in [4.78, 5) is 24.9. The van der Waals surface area contributed by atoms with Crippen molar-refractivity contribution < 1.29 is 19.1 Å². The topological polar surface area (TPSA) is 105 Å². The van der Waals surface area contributed by atoms with E-state index in [0.29, 0.717) is 34.5 Å². The predicted molar refractivity (Wildman–Crippen MR) is 121 cm³/mol. The molecule has 32 heavy (non-hydrogen) atoms. The molecule has 6 rings (SSSR count). The van der Waals surface area contributed by atoms with Crippen molar-refractivity contribution in [1.82, 2.24) is 0 Å². The van der Waals surface area contributed by atoms with E-state index in [1.165, 1.54) is 6.42 Å². The van der Waals surface area contributed by atoms with Crippen LogP contribution in [0.5, 0.6) is 11.5 Å². The fraction of sp³-hybridized carbons (Fsp3) is 0.462.